The molecule has 2 amide bonds. The lowest BCUT2D eigenvalue weighted by Crippen LogP contribution is -2.12. The second-order valence-corrected chi connectivity index (χ2v) is 6.49. The van der Waals surface area contributed by atoms with Gasteiger partial charge in [-0.05, 0) is 30.3 Å². The van der Waals surface area contributed by atoms with Gasteiger partial charge in [-0.1, -0.05) is 41.1 Å². The van der Waals surface area contributed by atoms with E-state index in [-0.39, 0.29) is 11.8 Å². The zero-order valence-electron chi connectivity index (χ0n) is 13.1. The molecule has 0 bridgehead atoms. The lowest BCUT2D eigenvalue weighted by atomic mass is 10.2. The minimum atomic E-state index is -0.309. The molecule has 0 saturated heterocycles. The van der Waals surface area contributed by atoms with Crippen LogP contribution in [0.15, 0.2) is 48.5 Å². The topological polar surface area (TPSA) is 84.0 Å². The van der Waals surface area contributed by atoms with E-state index < -0.39 is 0 Å². The maximum absolute atomic E-state index is 12.3. The summed E-state index contributed by atoms with van der Waals surface area (Å²) >= 11 is 7.38. The zero-order chi connectivity index (χ0) is 17.8. The third-order valence-electron chi connectivity index (χ3n) is 3.22. The number of benzene rings is 2. The number of nitrogens with one attached hydrogen (secondary N) is 2. The van der Waals surface area contributed by atoms with E-state index in [2.05, 4.69) is 20.8 Å². The monoisotopic (exact) mass is 372 g/mol. The third-order valence-corrected chi connectivity index (χ3v) is 4.42. The molecular weight excluding hydrogens is 360 g/mol. The van der Waals surface area contributed by atoms with Crippen LogP contribution in [0.5, 0.6) is 0 Å². The summed E-state index contributed by atoms with van der Waals surface area (Å²) < 4.78 is 0. The number of anilines is 2. The number of nitrogens with zero attached hydrogens (tertiary/aromatic N) is 2. The first kappa shape index (κ1) is 17.1. The molecule has 3 rings (SSSR count). The first-order valence-corrected chi connectivity index (χ1v) is 8.50. The van der Waals surface area contributed by atoms with Crippen LogP contribution in [0.1, 0.15) is 17.3 Å². The number of rotatable bonds is 4. The number of carbonyl (C=O) groups excluding carboxylic acids is 2. The highest BCUT2D eigenvalue weighted by Crippen LogP contribution is 2.31. The molecular formula is C17H13ClN4O2S. The molecule has 0 unspecified atom stereocenters. The molecule has 1 aromatic heterocycles. The summed E-state index contributed by atoms with van der Waals surface area (Å²) in [5.74, 6) is -0.477. The van der Waals surface area contributed by atoms with Gasteiger partial charge < -0.3 is 5.32 Å². The molecule has 6 nitrogen and oxygen atoms in total. The van der Waals surface area contributed by atoms with Crippen molar-refractivity contribution in [3.63, 3.8) is 0 Å². The van der Waals surface area contributed by atoms with Gasteiger partial charge in [0.2, 0.25) is 11.0 Å². The number of aromatic nitrogens is 2. The molecule has 1 heterocycles. The SMILES string of the molecule is CC(=O)Nc1ccc(C(=O)Nc2nnc(-c3ccccc3Cl)s2)cc1. The Bertz CT molecular complexity index is 924. The van der Waals surface area contributed by atoms with Crippen LogP contribution in [0, 0.1) is 0 Å². The summed E-state index contributed by atoms with van der Waals surface area (Å²) in [4.78, 5) is 23.3. The maximum atomic E-state index is 12.3. The van der Waals surface area contributed by atoms with Gasteiger partial charge in [-0.25, -0.2) is 0 Å². The molecule has 8 heteroatoms. The van der Waals surface area contributed by atoms with Crippen molar-refractivity contribution < 1.29 is 9.59 Å². The molecule has 0 fully saturated rings. The molecule has 3 aromatic rings. The van der Waals surface area contributed by atoms with Crippen molar-refractivity contribution >= 4 is 45.6 Å². The second-order valence-electron chi connectivity index (χ2n) is 5.10. The van der Waals surface area contributed by atoms with Gasteiger partial charge in [0, 0.05) is 23.7 Å². The van der Waals surface area contributed by atoms with Crippen LogP contribution in [-0.2, 0) is 4.79 Å². The van der Waals surface area contributed by atoms with Gasteiger partial charge >= 0.3 is 0 Å². The van der Waals surface area contributed by atoms with E-state index in [1.807, 2.05) is 18.2 Å². The standard InChI is InChI=1S/C17H13ClN4O2S/c1-10(23)19-12-8-6-11(7-9-12)15(24)20-17-22-21-16(25-17)13-4-2-3-5-14(13)18/h2-9H,1H3,(H,19,23)(H,20,22,24). The Morgan fingerprint density at radius 3 is 2.40 bits per heavy atom. The van der Waals surface area contributed by atoms with Crippen molar-refractivity contribution in [3.05, 3.63) is 59.1 Å². The Morgan fingerprint density at radius 1 is 1.00 bits per heavy atom. The van der Waals surface area contributed by atoms with Crippen LogP contribution in [0.25, 0.3) is 10.6 Å². The van der Waals surface area contributed by atoms with E-state index in [1.165, 1.54) is 18.3 Å². The van der Waals surface area contributed by atoms with E-state index >= 15 is 0 Å². The van der Waals surface area contributed by atoms with Gasteiger partial charge in [0.05, 0.1) is 5.02 Å². The van der Waals surface area contributed by atoms with Crippen LogP contribution < -0.4 is 10.6 Å². The lowest BCUT2D eigenvalue weighted by molar-refractivity contribution is -0.114. The molecule has 2 N–H and O–H groups in total. The van der Waals surface area contributed by atoms with Crippen LogP contribution in [0.4, 0.5) is 10.8 Å². The Balaban J connectivity index is 1.71. The number of halogens is 1. The van der Waals surface area contributed by atoms with E-state index in [9.17, 15) is 9.59 Å². The third kappa shape index (κ3) is 4.20. The minimum absolute atomic E-state index is 0.168. The first-order chi connectivity index (χ1) is 12.0. The number of carbonyl (C=O) groups is 2. The van der Waals surface area contributed by atoms with Crippen molar-refractivity contribution in [2.75, 3.05) is 10.6 Å². The summed E-state index contributed by atoms with van der Waals surface area (Å²) in [6, 6.07) is 13.9. The molecule has 126 valence electrons. The fraction of sp³-hybridized carbons (Fsp3) is 0.0588. The van der Waals surface area contributed by atoms with Gasteiger partial charge in [-0.15, -0.1) is 10.2 Å². The molecule has 0 atom stereocenters. The van der Waals surface area contributed by atoms with Gasteiger partial charge in [0.1, 0.15) is 0 Å². The Kier molecular flexibility index (Phi) is 5.06. The van der Waals surface area contributed by atoms with Crippen molar-refractivity contribution in [1.29, 1.82) is 0 Å². The van der Waals surface area contributed by atoms with Gasteiger partial charge in [0.15, 0.2) is 5.01 Å². The highest BCUT2D eigenvalue weighted by molar-refractivity contribution is 7.18. The van der Waals surface area contributed by atoms with E-state index in [4.69, 9.17) is 11.6 Å². The molecule has 0 aliphatic heterocycles. The molecule has 0 saturated carbocycles. The van der Waals surface area contributed by atoms with E-state index in [0.717, 1.165) is 5.56 Å². The van der Waals surface area contributed by atoms with Gasteiger partial charge in [-0.2, -0.15) is 0 Å². The quantitative estimate of drug-likeness (QED) is 0.723. The van der Waals surface area contributed by atoms with Crippen LogP contribution >= 0.6 is 22.9 Å². The summed E-state index contributed by atoms with van der Waals surface area (Å²) in [7, 11) is 0. The first-order valence-electron chi connectivity index (χ1n) is 7.30. The van der Waals surface area contributed by atoms with Gasteiger partial charge in [0.25, 0.3) is 5.91 Å². The van der Waals surface area contributed by atoms with Gasteiger partial charge in [-0.3, -0.25) is 14.9 Å². The molecule has 0 aliphatic rings. The molecule has 0 aliphatic carbocycles. The average Bonchev–Trinajstić information content (AvgIpc) is 3.03. The second kappa shape index (κ2) is 7.42. The molecule has 0 radical (unpaired) electrons. The highest BCUT2D eigenvalue weighted by atomic mass is 35.5. The van der Waals surface area contributed by atoms with Crippen LogP contribution in [0.2, 0.25) is 5.02 Å². The van der Waals surface area contributed by atoms with Crippen molar-refractivity contribution in [2.45, 2.75) is 6.92 Å². The summed E-state index contributed by atoms with van der Waals surface area (Å²) in [5, 5.41) is 15.0. The van der Waals surface area contributed by atoms with E-state index in [0.29, 0.717) is 26.4 Å². The summed E-state index contributed by atoms with van der Waals surface area (Å²) in [6.07, 6.45) is 0. The smallest absolute Gasteiger partial charge is 0.257 e. The Hall–Kier alpha value is -2.77. The number of hydrogen-bond donors (Lipinski definition) is 2. The van der Waals surface area contributed by atoms with E-state index in [1.54, 1.807) is 30.3 Å². The van der Waals surface area contributed by atoms with Crippen molar-refractivity contribution in [2.24, 2.45) is 0 Å². The lowest BCUT2D eigenvalue weighted by Gasteiger charge is -2.04. The normalized spacial score (nSPS) is 10.3. The van der Waals surface area contributed by atoms with Crippen molar-refractivity contribution in [1.82, 2.24) is 10.2 Å². The predicted octanol–water partition coefficient (Wildman–Crippen LogP) is 4.07. The van der Waals surface area contributed by atoms with Crippen LogP contribution in [-0.4, -0.2) is 22.0 Å². The largest absolute Gasteiger partial charge is 0.326 e. The number of amides is 2. The highest BCUT2D eigenvalue weighted by Gasteiger charge is 2.13. The van der Waals surface area contributed by atoms with Crippen molar-refractivity contribution in [3.8, 4) is 10.6 Å². The summed E-state index contributed by atoms with van der Waals surface area (Å²) in [6.45, 7) is 1.42. The Labute approximate surface area is 152 Å². The molecule has 2 aromatic carbocycles. The molecule has 25 heavy (non-hydrogen) atoms. The Morgan fingerprint density at radius 2 is 1.72 bits per heavy atom. The fourth-order valence-corrected chi connectivity index (χ4v) is 3.15. The molecule has 0 spiro atoms. The fourth-order valence-electron chi connectivity index (χ4n) is 2.09. The van der Waals surface area contributed by atoms with Crippen LogP contribution in [0.3, 0.4) is 0 Å². The minimum Gasteiger partial charge on any atom is -0.326 e. The zero-order valence-corrected chi connectivity index (χ0v) is 14.7. The maximum Gasteiger partial charge on any atom is 0.257 e. The predicted molar refractivity (Wildman–Crippen MR) is 99.1 cm³/mol. The number of hydrogen-bond acceptors (Lipinski definition) is 5. The summed E-state index contributed by atoms with van der Waals surface area (Å²) in [5.41, 5.74) is 1.84. The average molecular weight is 373 g/mol.